The van der Waals surface area contributed by atoms with E-state index in [1.165, 1.54) is 6.07 Å². The Morgan fingerprint density at radius 1 is 1.44 bits per heavy atom. The zero-order valence-electron chi connectivity index (χ0n) is 9.96. The van der Waals surface area contributed by atoms with Gasteiger partial charge in [0.25, 0.3) is 5.91 Å². The van der Waals surface area contributed by atoms with Crippen LogP contribution < -0.4 is 16.4 Å². The van der Waals surface area contributed by atoms with Crippen LogP contribution in [-0.4, -0.2) is 17.9 Å². The number of carbonyl (C=O) groups is 1. The van der Waals surface area contributed by atoms with E-state index in [4.69, 9.17) is 15.9 Å². The number of anilines is 2. The maximum absolute atomic E-state index is 11.1. The molecule has 0 aliphatic rings. The Kier molecular flexibility index (Phi) is 3.18. The Morgan fingerprint density at radius 3 is 2.83 bits per heavy atom. The van der Waals surface area contributed by atoms with Gasteiger partial charge in [-0.25, -0.2) is 4.98 Å². The van der Waals surface area contributed by atoms with Crippen LogP contribution in [0.15, 0.2) is 34.9 Å². The molecule has 1 amide bonds. The number of amides is 1. The molecule has 0 bridgehead atoms. The molecule has 0 aliphatic carbocycles. The summed E-state index contributed by atoms with van der Waals surface area (Å²) in [7, 11) is 1.81. The fraction of sp³-hybridized carbons (Fsp3) is 0.167. The molecular weight excluding hydrogens is 232 g/mol. The number of hydrogen-bond acceptors (Lipinski definition) is 5. The first-order valence-corrected chi connectivity index (χ1v) is 5.38. The van der Waals surface area contributed by atoms with E-state index in [1.807, 2.05) is 13.1 Å². The minimum Gasteiger partial charge on any atom is -0.467 e. The van der Waals surface area contributed by atoms with Crippen molar-refractivity contribution in [3.8, 4) is 0 Å². The number of furan rings is 1. The molecule has 0 radical (unpaired) electrons. The number of aromatic nitrogens is 1. The summed E-state index contributed by atoms with van der Waals surface area (Å²) in [6.45, 7) is 0.506. The Bertz CT molecular complexity index is 551. The highest BCUT2D eigenvalue weighted by molar-refractivity contribution is 5.91. The Morgan fingerprint density at radius 2 is 2.22 bits per heavy atom. The van der Waals surface area contributed by atoms with E-state index in [-0.39, 0.29) is 5.69 Å². The number of rotatable bonds is 4. The topological polar surface area (TPSA) is 98.4 Å². The summed E-state index contributed by atoms with van der Waals surface area (Å²) in [5, 5.41) is 0. The lowest BCUT2D eigenvalue weighted by atomic mass is 10.3. The zero-order chi connectivity index (χ0) is 13.1. The summed E-state index contributed by atoms with van der Waals surface area (Å²) in [6, 6.07) is 6.77. The van der Waals surface area contributed by atoms with E-state index in [0.717, 1.165) is 5.76 Å². The van der Waals surface area contributed by atoms with E-state index >= 15 is 0 Å². The van der Waals surface area contributed by atoms with Crippen LogP contribution in [0.4, 0.5) is 11.5 Å². The predicted octanol–water partition coefficient (Wildman–Crippen LogP) is 0.992. The second kappa shape index (κ2) is 4.79. The average molecular weight is 246 g/mol. The van der Waals surface area contributed by atoms with Crippen LogP contribution >= 0.6 is 0 Å². The van der Waals surface area contributed by atoms with E-state index in [2.05, 4.69) is 4.98 Å². The first-order chi connectivity index (χ1) is 8.58. The van der Waals surface area contributed by atoms with Gasteiger partial charge in [0.1, 0.15) is 11.5 Å². The molecule has 6 heteroatoms. The van der Waals surface area contributed by atoms with Crippen LogP contribution in [0.1, 0.15) is 16.2 Å². The van der Waals surface area contributed by atoms with Crippen LogP contribution in [0, 0.1) is 0 Å². The minimum atomic E-state index is -0.581. The molecule has 0 saturated carbocycles. The summed E-state index contributed by atoms with van der Waals surface area (Å²) in [5.74, 6) is 0.702. The molecule has 6 nitrogen and oxygen atoms in total. The number of primary amides is 1. The largest absolute Gasteiger partial charge is 0.467 e. The quantitative estimate of drug-likeness (QED) is 0.838. The third-order valence-electron chi connectivity index (χ3n) is 2.49. The molecule has 0 saturated heterocycles. The fourth-order valence-electron chi connectivity index (χ4n) is 1.61. The summed E-state index contributed by atoms with van der Waals surface area (Å²) >= 11 is 0. The highest BCUT2D eigenvalue weighted by Gasteiger charge is 2.12. The highest BCUT2D eigenvalue weighted by atomic mass is 16.3. The van der Waals surface area contributed by atoms with Crippen LogP contribution in [0.3, 0.4) is 0 Å². The molecule has 0 fully saturated rings. The van der Waals surface area contributed by atoms with Crippen LogP contribution in [-0.2, 0) is 6.54 Å². The smallest absolute Gasteiger partial charge is 0.267 e. The first kappa shape index (κ1) is 12.0. The van der Waals surface area contributed by atoms with Gasteiger partial charge < -0.3 is 20.8 Å². The molecule has 2 aromatic rings. The van der Waals surface area contributed by atoms with Crippen LogP contribution in [0.25, 0.3) is 0 Å². The molecule has 0 unspecified atom stereocenters. The normalized spacial score (nSPS) is 10.3. The number of nitrogens with two attached hydrogens (primary N) is 2. The van der Waals surface area contributed by atoms with Crippen molar-refractivity contribution >= 4 is 17.4 Å². The second-order valence-electron chi connectivity index (χ2n) is 3.91. The zero-order valence-corrected chi connectivity index (χ0v) is 9.96. The molecule has 2 heterocycles. The van der Waals surface area contributed by atoms with Crippen molar-refractivity contribution in [2.75, 3.05) is 17.7 Å². The van der Waals surface area contributed by atoms with Crippen molar-refractivity contribution in [2.45, 2.75) is 6.54 Å². The molecule has 2 rings (SSSR count). The number of pyridine rings is 1. The van der Waals surface area contributed by atoms with Crippen LogP contribution in [0.5, 0.6) is 0 Å². The number of nitrogens with zero attached hydrogens (tertiary/aromatic N) is 2. The molecule has 0 aromatic carbocycles. The summed E-state index contributed by atoms with van der Waals surface area (Å²) in [6.07, 6.45) is 1.60. The Balaban J connectivity index is 2.26. The van der Waals surface area contributed by atoms with Crippen molar-refractivity contribution < 1.29 is 9.21 Å². The summed E-state index contributed by atoms with van der Waals surface area (Å²) < 4.78 is 5.24. The Labute approximate surface area is 104 Å². The van der Waals surface area contributed by atoms with E-state index < -0.39 is 5.91 Å². The van der Waals surface area contributed by atoms with Crippen molar-refractivity contribution in [1.29, 1.82) is 0 Å². The van der Waals surface area contributed by atoms with Gasteiger partial charge in [0.05, 0.1) is 18.5 Å². The monoisotopic (exact) mass is 246 g/mol. The first-order valence-electron chi connectivity index (χ1n) is 5.38. The predicted molar refractivity (Wildman–Crippen MR) is 68.0 cm³/mol. The van der Waals surface area contributed by atoms with Gasteiger partial charge in [-0.05, 0) is 24.3 Å². The van der Waals surface area contributed by atoms with E-state index in [1.54, 1.807) is 23.3 Å². The average Bonchev–Trinajstić information content (AvgIpc) is 2.81. The third kappa shape index (κ3) is 2.42. The molecule has 0 spiro atoms. The van der Waals surface area contributed by atoms with Gasteiger partial charge in [0, 0.05) is 7.05 Å². The number of hydrogen-bond donors (Lipinski definition) is 2. The Hall–Kier alpha value is -2.50. The highest BCUT2D eigenvalue weighted by Crippen LogP contribution is 2.21. The van der Waals surface area contributed by atoms with Gasteiger partial charge in [-0.3, -0.25) is 4.79 Å². The van der Waals surface area contributed by atoms with Crippen molar-refractivity contribution in [1.82, 2.24) is 4.98 Å². The molecular formula is C12H14N4O2. The standard InChI is InChI=1S/C12H14N4O2/c1-16(7-8-3-2-6-18-8)12-9(13)4-5-10(15-12)11(14)17/h2-6H,7,13H2,1H3,(H2,14,17). The van der Waals surface area contributed by atoms with Gasteiger partial charge in [-0.1, -0.05) is 0 Å². The lowest BCUT2D eigenvalue weighted by molar-refractivity contribution is 0.0995. The number of nitrogen functional groups attached to an aromatic ring is 1. The van der Waals surface area contributed by atoms with Gasteiger partial charge in [-0.15, -0.1) is 0 Å². The van der Waals surface area contributed by atoms with E-state index in [0.29, 0.717) is 18.1 Å². The van der Waals surface area contributed by atoms with Crippen LogP contribution in [0.2, 0.25) is 0 Å². The lowest BCUT2D eigenvalue weighted by Crippen LogP contribution is -2.21. The van der Waals surface area contributed by atoms with Crippen molar-refractivity contribution in [2.24, 2.45) is 5.73 Å². The second-order valence-corrected chi connectivity index (χ2v) is 3.91. The molecule has 94 valence electrons. The molecule has 0 aliphatic heterocycles. The molecule has 0 atom stereocenters. The van der Waals surface area contributed by atoms with Gasteiger partial charge >= 0.3 is 0 Å². The molecule has 4 N–H and O–H groups in total. The number of carbonyl (C=O) groups excluding carboxylic acids is 1. The summed E-state index contributed by atoms with van der Waals surface area (Å²) in [5.41, 5.74) is 11.7. The van der Waals surface area contributed by atoms with E-state index in [9.17, 15) is 4.79 Å². The maximum atomic E-state index is 11.1. The van der Waals surface area contributed by atoms with Crippen molar-refractivity contribution in [3.05, 3.63) is 42.0 Å². The molecule has 2 aromatic heterocycles. The van der Waals surface area contributed by atoms with Gasteiger partial charge in [0.15, 0.2) is 5.82 Å². The SMILES string of the molecule is CN(Cc1ccco1)c1nc(C(N)=O)ccc1N. The minimum absolute atomic E-state index is 0.186. The lowest BCUT2D eigenvalue weighted by Gasteiger charge is -2.18. The van der Waals surface area contributed by atoms with Crippen molar-refractivity contribution in [3.63, 3.8) is 0 Å². The van der Waals surface area contributed by atoms with Gasteiger partial charge in [-0.2, -0.15) is 0 Å². The maximum Gasteiger partial charge on any atom is 0.267 e. The molecule has 18 heavy (non-hydrogen) atoms. The third-order valence-corrected chi connectivity index (χ3v) is 2.49. The fourth-order valence-corrected chi connectivity index (χ4v) is 1.61. The van der Waals surface area contributed by atoms with Gasteiger partial charge in [0.2, 0.25) is 0 Å². The summed E-state index contributed by atoms with van der Waals surface area (Å²) in [4.78, 5) is 17.0.